The molecule has 8 nitrogen and oxygen atoms in total. The molecule has 1 fully saturated rings. The molecule has 1 aliphatic rings. The van der Waals surface area contributed by atoms with E-state index < -0.39 is 0 Å². The first kappa shape index (κ1) is 29.4. The number of carbonyl (C=O) groups is 1. The molecule has 1 atom stereocenters. The van der Waals surface area contributed by atoms with Gasteiger partial charge in [-0.1, -0.05) is 38.8 Å². The topological polar surface area (TPSA) is 90.0 Å². The summed E-state index contributed by atoms with van der Waals surface area (Å²) in [7, 11) is 1.80. The molecule has 2 amide bonds. The van der Waals surface area contributed by atoms with Crippen LogP contribution < -0.4 is 21.3 Å². The number of rotatable bonds is 10. The number of hydrogen-bond donors (Lipinski definition) is 4. The van der Waals surface area contributed by atoms with Crippen LogP contribution >= 0.6 is 24.0 Å². The van der Waals surface area contributed by atoms with E-state index in [2.05, 4.69) is 45.0 Å². The summed E-state index contributed by atoms with van der Waals surface area (Å²) in [5.41, 5.74) is 1.89. The summed E-state index contributed by atoms with van der Waals surface area (Å²) < 4.78 is 5.55. The zero-order chi connectivity index (χ0) is 23.3. The van der Waals surface area contributed by atoms with Gasteiger partial charge in [0.2, 0.25) is 0 Å². The molecule has 0 saturated carbocycles. The van der Waals surface area contributed by atoms with Crippen LogP contribution in [0.3, 0.4) is 0 Å². The molecule has 1 aromatic carbocycles. The first-order valence-corrected chi connectivity index (χ1v) is 11.9. The number of amides is 2. The molecule has 1 unspecified atom stereocenters. The minimum atomic E-state index is -0.192. The Morgan fingerprint density at radius 2 is 1.73 bits per heavy atom. The molecular weight excluding hydrogens is 531 g/mol. The lowest BCUT2D eigenvalue weighted by Crippen LogP contribution is -2.53. The number of benzene rings is 1. The highest BCUT2D eigenvalue weighted by molar-refractivity contribution is 14.0. The zero-order valence-electron chi connectivity index (χ0n) is 20.8. The van der Waals surface area contributed by atoms with Crippen LogP contribution in [-0.4, -0.2) is 68.9 Å². The molecule has 0 spiro atoms. The second-order valence-electron chi connectivity index (χ2n) is 8.55. The molecule has 1 heterocycles. The third-order valence-corrected chi connectivity index (χ3v) is 5.90. The molecule has 0 aromatic heterocycles. The zero-order valence-corrected chi connectivity index (χ0v) is 23.1. The summed E-state index contributed by atoms with van der Waals surface area (Å²) in [6, 6.07) is 8.21. The van der Waals surface area contributed by atoms with Gasteiger partial charge in [0.05, 0.1) is 13.2 Å². The molecule has 1 aliphatic heterocycles. The Balaban J connectivity index is 0.00000544. The SMILES string of the molecule is CCC(CC)C(CNC(=NC)NCc1ccc(NC(=O)NC(C)C)cc1)N1CCOCC1.I. The van der Waals surface area contributed by atoms with Gasteiger partial charge in [-0.3, -0.25) is 9.89 Å². The van der Waals surface area contributed by atoms with E-state index in [9.17, 15) is 4.79 Å². The van der Waals surface area contributed by atoms with E-state index in [0.717, 1.165) is 50.1 Å². The quantitative estimate of drug-likeness (QED) is 0.195. The Bertz CT molecular complexity index is 703. The number of nitrogens with one attached hydrogen (secondary N) is 4. The third-order valence-electron chi connectivity index (χ3n) is 5.90. The minimum Gasteiger partial charge on any atom is -0.379 e. The van der Waals surface area contributed by atoms with Crippen LogP contribution in [0, 0.1) is 5.92 Å². The molecule has 9 heteroatoms. The predicted octanol–water partition coefficient (Wildman–Crippen LogP) is 3.64. The monoisotopic (exact) mass is 574 g/mol. The minimum absolute atomic E-state index is 0. The van der Waals surface area contributed by atoms with E-state index in [4.69, 9.17) is 4.74 Å². The molecule has 4 N–H and O–H groups in total. The fraction of sp³-hybridized carbons (Fsp3) is 0.667. The van der Waals surface area contributed by atoms with Crippen LogP contribution in [0.25, 0.3) is 0 Å². The van der Waals surface area contributed by atoms with E-state index in [-0.39, 0.29) is 36.0 Å². The molecular formula is C24H43IN6O2. The Kier molecular flexibility index (Phi) is 14.4. The number of carbonyl (C=O) groups excluding carboxylic acids is 1. The standard InChI is InChI=1S/C24H42N6O2.HI/c1-6-20(7-2)22(30-12-14-32-15-13-30)17-27-23(25-5)26-16-19-8-10-21(11-9-19)29-24(31)28-18(3)4;/h8-11,18,20,22H,6-7,12-17H2,1-5H3,(H2,25,26,27)(H2,28,29,31);1H. The second kappa shape index (κ2) is 16.1. The number of nitrogens with zero attached hydrogens (tertiary/aromatic N) is 2. The first-order chi connectivity index (χ1) is 15.5. The van der Waals surface area contributed by atoms with Crippen molar-refractivity contribution in [3.8, 4) is 0 Å². The maximum absolute atomic E-state index is 11.8. The molecule has 33 heavy (non-hydrogen) atoms. The maximum Gasteiger partial charge on any atom is 0.319 e. The Labute approximate surface area is 216 Å². The summed E-state index contributed by atoms with van der Waals surface area (Å²) in [6.07, 6.45) is 2.34. The highest BCUT2D eigenvalue weighted by atomic mass is 127. The van der Waals surface area contributed by atoms with Crippen LogP contribution in [0.15, 0.2) is 29.3 Å². The van der Waals surface area contributed by atoms with E-state index in [1.165, 1.54) is 12.8 Å². The van der Waals surface area contributed by atoms with Crippen molar-refractivity contribution in [2.24, 2.45) is 10.9 Å². The Morgan fingerprint density at radius 1 is 1.09 bits per heavy atom. The molecule has 0 radical (unpaired) electrons. The number of ether oxygens (including phenoxy) is 1. The Hall–Kier alpha value is -1.59. The molecule has 0 aliphatic carbocycles. The number of aliphatic imine (C=N–C) groups is 1. The van der Waals surface area contributed by atoms with Gasteiger partial charge in [-0.15, -0.1) is 24.0 Å². The van der Waals surface area contributed by atoms with Gasteiger partial charge in [0, 0.05) is 51.0 Å². The van der Waals surface area contributed by atoms with Crippen LogP contribution in [0.4, 0.5) is 10.5 Å². The molecule has 1 aromatic rings. The number of urea groups is 1. The summed E-state index contributed by atoms with van der Waals surface area (Å²) in [6.45, 7) is 13.5. The van der Waals surface area contributed by atoms with Gasteiger partial charge in [-0.2, -0.15) is 0 Å². The van der Waals surface area contributed by atoms with Crippen LogP contribution in [0.2, 0.25) is 0 Å². The summed E-state index contributed by atoms with van der Waals surface area (Å²) in [5.74, 6) is 1.44. The number of morpholine rings is 1. The van der Waals surface area contributed by atoms with Crippen molar-refractivity contribution in [1.29, 1.82) is 0 Å². The van der Waals surface area contributed by atoms with Crippen LogP contribution in [-0.2, 0) is 11.3 Å². The fourth-order valence-corrected chi connectivity index (χ4v) is 4.08. The number of guanidine groups is 1. The second-order valence-corrected chi connectivity index (χ2v) is 8.55. The smallest absolute Gasteiger partial charge is 0.319 e. The Morgan fingerprint density at radius 3 is 2.27 bits per heavy atom. The molecule has 2 rings (SSSR count). The van der Waals surface area contributed by atoms with E-state index in [1.807, 2.05) is 38.1 Å². The molecule has 188 valence electrons. The average molecular weight is 575 g/mol. The van der Waals surface area contributed by atoms with Crippen molar-refractivity contribution in [1.82, 2.24) is 20.9 Å². The predicted molar refractivity (Wildman–Crippen MR) is 148 cm³/mol. The van der Waals surface area contributed by atoms with Gasteiger partial charge in [0.1, 0.15) is 0 Å². The third kappa shape index (κ3) is 10.5. The van der Waals surface area contributed by atoms with Crippen LogP contribution in [0.5, 0.6) is 0 Å². The fourth-order valence-electron chi connectivity index (χ4n) is 4.08. The van der Waals surface area contributed by atoms with E-state index >= 15 is 0 Å². The maximum atomic E-state index is 11.8. The van der Waals surface area contributed by atoms with Gasteiger partial charge in [0.15, 0.2) is 5.96 Å². The van der Waals surface area contributed by atoms with Gasteiger partial charge >= 0.3 is 6.03 Å². The lowest BCUT2D eigenvalue weighted by molar-refractivity contribution is 0.00272. The number of anilines is 1. The lowest BCUT2D eigenvalue weighted by atomic mass is 9.92. The van der Waals surface area contributed by atoms with Crippen molar-refractivity contribution in [3.05, 3.63) is 29.8 Å². The van der Waals surface area contributed by atoms with Gasteiger partial charge < -0.3 is 26.0 Å². The van der Waals surface area contributed by atoms with Crippen molar-refractivity contribution < 1.29 is 9.53 Å². The highest BCUT2D eigenvalue weighted by Gasteiger charge is 2.27. The van der Waals surface area contributed by atoms with Gasteiger partial charge in [-0.25, -0.2) is 4.79 Å². The average Bonchev–Trinajstić information content (AvgIpc) is 2.79. The summed E-state index contributed by atoms with van der Waals surface area (Å²) >= 11 is 0. The van der Waals surface area contributed by atoms with Crippen molar-refractivity contribution in [2.75, 3.05) is 45.2 Å². The summed E-state index contributed by atoms with van der Waals surface area (Å²) in [4.78, 5) is 18.8. The van der Waals surface area contributed by atoms with Gasteiger partial charge in [0.25, 0.3) is 0 Å². The van der Waals surface area contributed by atoms with Crippen molar-refractivity contribution in [3.63, 3.8) is 0 Å². The molecule has 1 saturated heterocycles. The number of halogens is 1. The first-order valence-electron chi connectivity index (χ1n) is 11.9. The lowest BCUT2D eigenvalue weighted by Gasteiger charge is -2.39. The normalized spacial score (nSPS) is 15.7. The van der Waals surface area contributed by atoms with E-state index in [1.54, 1.807) is 7.05 Å². The largest absolute Gasteiger partial charge is 0.379 e. The summed E-state index contributed by atoms with van der Waals surface area (Å²) in [5, 5.41) is 12.6. The van der Waals surface area contributed by atoms with Crippen molar-refractivity contribution >= 4 is 41.7 Å². The van der Waals surface area contributed by atoms with Crippen molar-refractivity contribution in [2.45, 2.75) is 59.2 Å². The molecule has 0 bridgehead atoms. The van der Waals surface area contributed by atoms with Gasteiger partial charge in [-0.05, 0) is 37.5 Å². The van der Waals surface area contributed by atoms with Crippen LogP contribution in [0.1, 0.15) is 46.1 Å². The van der Waals surface area contributed by atoms with E-state index in [0.29, 0.717) is 18.5 Å². The number of hydrogen-bond acceptors (Lipinski definition) is 4. The highest BCUT2D eigenvalue weighted by Crippen LogP contribution is 2.19.